The minimum absolute atomic E-state index is 0.0220. The smallest absolute Gasteiger partial charge is 0.154 e. The average molecular weight is 161 g/mol. The van der Waals surface area contributed by atoms with E-state index in [1.54, 1.807) is 0 Å². The number of hydrogen-bond acceptors (Lipinski definition) is 3. The van der Waals surface area contributed by atoms with E-state index in [1.165, 1.54) is 0 Å². The molecule has 2 unspecified atom stereocenters. The molecule has 0 saturated carbocycles. The summed E-state index contributed by atoms with van der Waals surface area (Å²) in [5.41, 5.74) is 0.0220. The molecule has 0 aromatic heterocycles. The normalized spacial score (nSPS) is 33.9. The van der Waals surface area contributed by atoms with Gasteiger partial charge in [-0.3, -0.25) is 5.32 Å². The molecule has 1 fully saturated rings. The second-order valence-corrected chi connectivity index (χ2v) is 3.76. The fourth-order valence-electron chi connectivity index (χ4n) is 1.05. The van der Waals surface area contributed by atoms with Crippen LogP contribution in [0.4, 0.5) is 0 Å². The summed E-state index contributed by atoms with van der Waals surface area (Å²) in [6.45, 7) is 6.17. The van der Waals surface area contributed by atoms with Gasteiger partial charge in [0.25, 0.3) is 0 Å². The zero-order valence-corrected chi connectivity index (χ0v) is 7.62. The SMILES string of the molecule is CCNC1(C(C)SC)CO1. The number of rotatable bonds is 4. The third kappa shape index (κ3) is 1.47. The lowest BCUT2D eigenvalue weighted by Crippen LogP contribution is -2.40. The second-order valence-electron chi connectivity index (χ2n) is 2.59. The highest BCUT2D eigenvalue weighted by molar-refractivity contribution is 7.99. The van der Waals surface area contributed by atoms with Gasteiger partial charge in [-0.1, -0.05) is 6.92 Å². The van der Waals surface area contributed by atoms with Crippen LogP contribution in [-0.4, -0.2) is 30.4 Å². The van der Waals surface area contributed by atoms with Crippen LogP contribution in [0.1, 0.15) is 13.8 Å². The Bertz CT molecular complexity index is 114. The van der Waals surface area contributed by atoms with Gasteiger partial charge in [0.05, 0.1) is 6.61 Å². The summed E-state index contributed by atoms with van der Waals surface area (Å²) in [5, 5.41) is 3.90. The number of thioether (sulfide) groups is 1. The van der Waals surface area contributed by atoms with Crippen molar-refractivity contribution >= 4 is 11.8 Å². The minimum atomic E-state index is 0.0220. The maximum Gasteiger partial charge on any atom is 0.154 e. The fourth-order valence-corrected chi connectivity index (χ4v) is 1.65. The first kappa shape index (κ1) is 8.37. The molecule has 1 heterocycles. The first-order valence-corrected chi connectivity index (χ1v) is 4.95. The number of epoxide rings is 1. The largest absolute Gasteiger partial charge is 0.353 e. The molecule has 1 aliphatic heterocycles. The molecule has 0 bridgehead atoms. The highest BCUT2D eigenvalue weighted by atomic mass is 32.2. The maximum atomic E-state index is 5.36. The highest BCUT2D eigenvalue weighted by Crippen LogP contribution is 2.33. The van der Waals surface area contributed by atoms with Gasteiger partial charge in [-0.2, -0.15) is 11.8 Å². The molecule has 3 heteroatoms. The van der Waals surface area contributed by atoms with Crippen LogP contribution in [0.25, 0.3) is 0 Å². The molecule has 0 radical (unpaired) electrons. The van der Waals surface area contributed by atoms with Gasteiger partial charge in [-0.25, -0.2) is 0 Å². The Balaban J connectivity index is 2.35. The molecular formula is C7H15NOS. The van der Waals surface area contributed by atoms with E-state index >= 15 is 0 Å². The molecule has 1 N–H and O–H groups in total. The predicted octanol–water partition coefficient (Wildman–Crippen LogP) is 1.07. The third-order valence-electron chi connectivity index (χ3n) is 1.94. The van der Waals surface area contributed by atoms with E-state index in [1.807, 2.05) is 11.8 Å². The van der Waals surface area contributed by atoms with Crippen molar-refractivity contribution in [1.82, 2.24) is 5.32 Å². The van der Waals surface area contributed by atoms with E-state index in [0.29, 0.717) is 5.25 Å². The Morgan fingerprint density at radius 1 is 1.80 bits per heavy atom. The lowest BCUT2D eigenvalue weighted by atomic mass is 10.2. The molecule has 0 spiro atoms. The van der Waals surface area contributed by atoms with Crippen LogP contribution in [0.15, 0.2) is 0 Å². The quantitative estimate of drug-likeness (QED) is 0.624. The topological polar surface area (TPSA) is 24.6 Å². The van der Waals surface area contributed by atoms with Crippen molar-refractivity contribution < 1.29 is 4.74 Å². The van der Waals surface area contributed by atoms with Crippen molar-refractivity contribution in [1.29, 1.82) is 0 Å². The van der Waals surface area contributed by atoms with Gasteiger partial charge in [0.2, 0.25) is 0 Å². The van der Waals surface area contributed by atoms with Crippen molar-refractivity contribution in [3.8, 4) is 0 Å². The Kier molecular flexibility index (Phi) is 2.61. The zero-order valence-electron chi connectivity index (χ0n) is 6.81. The Morgan fingerprint density at radius 2 is 2.40 bits per heavy atom. The molecule has 2 nitrogen and oxygen atoms in total. The monoisotopic (exact) mass is 161 g/mol. The summed E-state index contributed by atoms with van der Waals surface area (Å²) >= 11 is 1.85. The minimum Gasteiger partial charge on any atom is -0.353 e. The number of ether oxygens (including phenoxy) is 1. The lowest BCUT2D eigenvalue weighted by Gasteiger charge is -2.18. The Morgan fingerprint density at radius 3 is 2.70 bits per heavy atom. The summed E-state index contributed by atoms with van der Waals surface area (Å²) in [6.07, 6.45) is 2.12. The second kappa shape index (κ2) is 3.11. The summed E-state index contributed by atoms with van der Waals surface area (Å²) in [6, 6.07) is 0. The van der Waals surface area contributed by atoms with Gasteiger partial charge in [-0.05, 0) is 19.7 Å². The van der Waals surface area contributed by atoms with E-state index in [4.69, 9.17) is 4.74 Å². The van der Waals surface area contributed by atoms with Gasteiger partial charge < -0.3 is 4.74 Å². The number of nitrogens with one attached hydrogen (secondary N) is 1. The van der Waals surface area contributed by atoms with E-state index < -0.39 is 0 Å². The van der Waals surface area contributed by atoms with Gasteiger partial charge in [-0.15, -0.1) is 0 Å². The predicted molar refractivity (Wildman–Crippen MR) is 45.3 cm³/mol. The van der Waals surface area contributed by atoms with Gasteiger partial charge in [0, 0.05) is 5.25 Å². The van der Waals surface area contributed by atoms with E-state index in [2.05, 4.69) is 25.4 Å². The first-order chi connectivity index (χ1) is 4.75. The van der Waals surface area contributed by atoms with Crippen molar-refractivity contribution in [3.63, 3.8) is 0 Å². The summed E-state index contributed by atoms with van der Waals surface area (Å²) in [5.74, 6) is 0. The molecule has 0 amide bonds. The molecule has 60 valence electrons. The lowest BCUT2D eigenvalue weighted by molar-refractivity contribution is 0.258. The van der Waals surface area contributed by atoms with Gasteiger partial charge >= 0.3 is 0 Å². The fraction of sp³-hybridized carbons (Fsp3) is 1.00. The molecule has 1 aliphatic rings. The van der Waals surface area contributed by atoms with Crippen LogP contribution in [0.3, 0.4) is 0 Å². The van der Waals surface area contributed by atoms with Crippen molar-refractivity contribution in [2.45, 2.75) is 24.8 Å². The number of likely N-dealkylation sites (N-methyl/N-ethyl adjacent to an activating group) is 1. The molecule has 1 rings (SSSR count). The molecule has 1 saturated heterocycles. The molecular weight excluding hydrogens is 146 g/mol. The van der Waals surface area contributed by atoms with Crippen molar-refractivity contribution in [3.05, 3.63) is 0 Å². The summed E-state index contributed by atoms with van der Waals surface area (Å²) < 4.78 is 5.36. The first-order valence-electron chi connectivity index (χ1n) is 3.67. The van der Waals surface area contributed by atoms with Crippen LogP contribution in [0.5, 0.6) is 0 Å². The van der Waals surface area contributed by atoms with E-state index in [0.717, 1.165) is 13.2 Å². The average Bonchev–Trinajstić information content (AvgIpc) is 2.69. The Labute approximate surface area is 66.7 Å². The van der Waals surface area contributed by atoms with Gasteiger partial charge in [0.15, 0.2) is 5.72 Å². The maximum absolute atomic E-state index is 5.36. The third-order valence-corrected chi connectivity index (χ3v) is 3.03. The van der Waals surface area contributed by atoms with Crippen molar-refractivity contribution in [2.24, 2.45) is 0 Å². The van der Waals surface area contributed by atoms with Crippen molar-refractivity contribution in [2.75, 3.05) is 19.4 Å². The summed E-state index contributed by atoms with van der Waals surface area (Å²) in [7, 11) is 0. The Hall–Kier alpha value is 0.270. The van der Waals surface area contributed by atoms with Crippen LogP contribution < -0.4 is 5.32 Å². The summed E-state index contributed by atoms with van der Waals surface area (Å²) in [4.78, 5) is 0. The molecule has 2 atom stereocenters. The molecule has 10 heavy (non-hydrogen) atoms. The van der Waals surface area contributed by atoms with Gasteiger partial charge in [0.1, 0.15) is 0 Å². The molecule has 0 aromatic rings. The van der Waals surface area contributed by atoms with Crippen LogP contribution in [0, 0.1) is 0 Å². The van der Waals surface area contributed by atoms with Crippen LogP contribution in [0.2, 0.25) is 0 Å². The number of hydrogen-bond donors (Lipinski definition) is 1. The molecule has 0 aliphatic carbocycles. The van der Waals surface area contributed by atoms with Crippen LogP contribution in [-0.2, 0) is 4.74 Å². The standard InChI is InChI=1S/C7H15NOS/c1-4-8-7(5-9-7)6(2)10-3/h6,8H,4-5H2,1-3H3. The van der Waals surface area contributed by atoms with E-state index in [-0.39, 0.29) is 5.72 Å². The highest BCUT2D eigenvalue weighted by Gasteiger charge is 2.48. The zero-order chi connectivity index (χ0) is 7.61. The molecule has 0 aromatic carbocycles. The van der Waals surface area contributed by atoms with Crippen LogP contribution >= 0.6 is 11.8 Å². The van der Waals surface area contributed by atoms with E-state index in [9.17, 15) is 0 Å².